The second-order valence-electron chi connectivity index (χ2n) is 5.46. The van der Waals surface area contributed by atoms with Crippen LogP contribution in [0.25, 0.3) is 10.8 Å². The van der Waals surface area contributed by atoms with Crippen LogP contribution in [0.15, 0.2) is 60.7 Å². The number of carbonyl (C=O) groups excluding carboxylic acids is 1. The molecule has 3 nitrogen and oxygen atoms in total. The molecular weight excluding hydrogens is 286 g/mol. The molecular formula is C20H19NO2. The molecule has 3 heteroatoms. The van der Waals surface area contributed by atoms with Gasteiger partial charge in [-0.05, 0) is 36.1 Å². The maximum absolute atomic E-state index is 12.8. The van der Waals surface area contributed by atoms with Crippen LogP contribution in [0.3, 0.4) is 0 Å². The highest BCUT2D eigenvalue weighted by Gasteiger charge is 2.15. The third-order valence-electron chi connectivity index (χ3n) is 3.74. The zero-order chi connectivity index (χ0) is 16.2. The second-order valence-corrected chi connectivity index (χ2v) is 5.46. The number of benzene rings is 3. The number of hydrogen-bond donors (Lipinski definition) is 1. The van der Waals surface area contributed by atoms with Gasteiger partial charge in [-0.3, -0.25) is 4.79 Å². The molecule has 0 amide bonds. The first-order valence-electron chi connectivity index (χ1n) is 7.75. The summed E-state index contributed by atoms with van der Waals surface area (Å²) >= 11 is 0. The lowest BCUT2D eigenvalue weighted by molar-refractivity contribution is 0.104. The second kappa shape index (κ2) is 6.53. The summed E-state index contributed by atoms with van der Waals surface area (Å²) < 4.78 is 5.80. The van der Waals surface area contributed by atoms with Gasteiger partial charge in [0.1, 0.15) is 5.75 Å². The van der Waals surface area contributed by atoms with Gasteiger partial charge in [-0.2, -0.15) is 0 Å². The van der Waals surface area contributed by atoms with Crippen LogP contribution >= 0.6 is 0 Å². The van der Waals surface area contributed by atoms with Crippen molar-refractivity contribution in [3.63, 3.8) is 0 Å². The normalized spacial score (nSPS) is 10.7. The number of ether oxygens (including phenoxy) is 1. The van der Waals surface area contributed by atoms with Gasteiger partial charge in [-0.15, -0.1) is 0 Å². The van der Waals surface area contributed by atoms with Gasteiger partial charge in [-0.25, -0.2) is 0 Å². The van der Waals surface area contributed by atoms with Crippen LogP contribution in [0, 0.1) is 0 Å². The fourth-order valence-electron chi connectivity index (χ4n) is 2.64. The third-order valence-corrected chi connectivity index (χ3v) is 3.74. The summed E-state index contributed by atoms with van der Waals surface area (Å²) in [6, 6.07) is 18.6. The topological polar surface area (TPSA) is 52.3 Å². The minimum Gasteiger partial charge on any atom is -0.493 e. The Labute approximate surface area is 135 Å². The van der Waals surface area contributed by atoms with Gasteiger partial charge in [0.25, 0.3) is 0 Å². The number of anilines is 1. The van der Waals surface area contributed by atoms with Gasteiger partial charge in [0, 0.05) is 22.2 Å². The molecule has 0 aliphatic heterocycles. The smallest absolute Gasteiger partial charge is 0.193 e. The number of ketones is 1. The Kier molecular flexibility index (Phi) is 4.29. The summed E-state index contributed by atoms with van der Waals surface area (Å²) in [6.07, 6.45) is 0.943. The van der Waals surface area contributed by atoms with Crippen LogP contribution in [0.1, 0.15) is 29.3 Å². The van der Waals surface area contributed by atoms with E-state index in [2.05, 4.69) is 6.92 Å². The van der Waals surface area contributed by atoms with Crippen molar-refractivity contribution in [1.29, 1.82) is 0 Å². The van der Waals surface area contributed by atoms with Crippen LogP contribution < -0.4 is 10.5 Å². The van der Waals surface area contributed by atoms with Crippen LogP contribution in [0.5, 0.6) is 5.75 Å². The third kappa shape index (κ3) is 3.04. The van der Waals surface area contributed by atoms with Crippen molar-refractivity contribution in [1.82, 2.24) is 0 Å². The Hall–Kier alpha value is -2.81. The van der Waals surface area contributed by atoms with Crippen LogP contribution in [0.2, 0.25) is 0 Å². The number of carbonyl (C=O) groups is 1. The van der Waals surface area contributed by atoms with Crippen molar-refractivity contribution in [2.45, 2.75) is 13.3 Å². The molecule has 0 bridgehead atoms. The molecule has 0 aromatic heterocycles. The lowest BCUT2D eigenvalue weighted by atomic mass is 9.96. The maximum atomic E-state index is 12.8. The van der Waals surface area contributed by atoms with E-state index in [1.165, 1.54) is 0 Å². The molecule has 3 aromatic carbocycles. The van der Waals surface area contributed by atoms with Crippen molar-refractivity contribution in [3.8, 4) is 5.75 Å². The van der Waals surface area contributed by atoms with Crippen molar-refractivity contribution in [2.24, 2.45) is 0 Å². The molecule has 3 aromatic rings. The summed E-state index contributed by atoms with van der Waals surface area (Å²) in [6.45, 7) is 2.73. The predicted octanol–water partition coefficient (Wildman–Crippen LogP) is 4.44. The van der Waals surface area contributed by atoms with Crippen LogP contribution in [0.4, 0.5) is 5.69 Å². The van der Waals surface area contributed by atoms with Gasteiger partial charge < -0.3 is 10.5 Å². The SMILES string of the molecule is CCCOc1ccc(C(=O)c2cccc(N)c2)c2ccccc12. The number of nitrogen functional groups attached to an aromatic ring is 1. The molecule has 23 heavy (non-hydrogen) atoms. The molecule has 0 saturated carbocycles. The maximum Gasteiger partial charge on any atom is 0.193 e. The first kappa shape index (κ1) is 15.1. The molecule has 0 fully saturated rings. The first-order valence-corrected chi connectivity index (χ1v) is 7.75. The average Bonchev–Trinajstić information content (AvgIpc) is 2.59. The first-order chi connectivity index (χ1) is 11.2. The molecule has 0 saturated heterocycles. The molecule has 0 atom stereocenters. The van der Waals surface area contributed by atoms with Crippen LogP contribution in [-0.4, -0.2) is 12.4 Å². The zero-order valence-corrected chi connectivity index (χ0v) is 13.1. The highest BCUT2D eigenvalue weighted by atomic mass is 16.5. The van der Waals surface area contributed by atoms with Crippen molar-refractivity contribution < 1.29 is 9.53 Å². The van der Waals surface area contributed by atoms with Gasteiger partial charge in [0.2, 0.25) is 0 Å². The molecule has 3 rings (SSSR count). The van der Waals surface area contributed by atoms with Crippen molar-refractivity contribution in [3.05, 3.63) is 71.8 Å². The zero-order valence-electron chi connectivity index (χ0n) is 13.1. The number of rotatable bonds is 5. The molecule has 0 unspecified atom stereocenters. The monoisotopic (exact) mass is 305 g/mol. The van der Waals surface area contributed by atoms with E-state index >= 15 is 0 Å². The van der Waals surface area contributed by atoms with E-state index < -0.39 is 0 Å². The van der Waals surface area contributed by atoms with Gasteiger partial charge in [0.15, 0.2) is 5.78 Å². The predicted molar refractivity (Wildman–Crippen MR) is 94.0 cm³/mol. The fraction of sp³-hybridized carbons (Fsp3) is 0.150. The summed E-state index contributed by atoms with van der Waals surface area (Å²) in [5.41, 5.74) is 7.64. The van der Waals surface area contributed by atoms with Gasteiger partial charge in [-0.1, -0.05) is 43.3 Å². The number of nitrogens with two attached hydrogens (primary N) is 1. The Morgan fingerprint density at radius 2 is 1.78 bits per heavy atom. The lowest BCUT2D eigenvalue weighted by Gasteiger charge is -2.12. The molecule has 2 N–H and O–H groups in total. The van der Waals surface area contributed by atoms with Crippen molar-refractivity contribution >= 4 is 22.2 Å². The Morgan fingerprint density at radius 1 is 1.00 bits per heavy atom. The van der Waals surface area contributed by atoms with E-state index in [4.69, 9.17) is 10.5 Å². The average molecular weight is 305 g/mol. The Bertz CT molecular complexity index is 855. The standard InChI is InChI=1S/C20H19NO2/c1-2-12-23-19-11-10-18(16-8-3-4-9-17(16)19)20(22)14-6-5-7-15(21)13-14/h3-11,13H,2,12,21H2,1H3. The van der Waals surface area contributed by atoms with Crippen LogP contribution in [-0.2, 0) is 0 Å². The molecule has 0 aliphatic carbocycles. The molecule has 116 valence electrons. The molecule has 0 heterocycles. The van der Waals surface area contributed by atoms with Gasteiger partial charge >= 0.3 is 0 Å². The quantitative estimate of drug-likeness (QED) is 0.560. The van der Waals surface area contributed by atoms with E-state index in [9.17, 15) is 4.79 Å². The minimum absolute atomic E-state index is 0.0319. The number of hydrogen-bond acceptors (Lipinski definition) is 3. The number of fused-ring (bicyclic) bond motifs is 1. The summed E-state index contributed by atoms with van der Waals surface area (Å²) in [7, 11) is 0. The minimum atomic E-state index is -0.0319. The van der Waals surface area contributed by atoms with Crippen molar-refractivity contribution in [2.75, 3.05) is 12.3 Å². The van der Waals surface area contributed by atoms with Gasteiger partial charge in [0.05, 0.1) is 6.61 Å². The van der Waals surface area contributed by atoms with E-state index in [-0.39, 0.29) is 5.78 Å². The highest BCUT2D eigenvalue weighted by Crippen LogP contribution is 2.30. The largest absolute Gasteiger partial charge is 0.493 e. The summed E-state index contributed by atoms with van der Waals surface area (Å²) in [5.74, 6) is 0.780. The molecule has 0 aliphatic rings. The summed E-state index contributed by atoms with van der Waals surface area (Å²) in [4.78, 5) is 12.8. The van der Waals surface area contributed by atoms with E-state index in [0.717, 1.165) is 22.9 Å². The lowest BCUT2D eigenvalue weighted by Crippen LogP contribution is -2.04. The van der Waals surface area contributed by atoms with E-state index in [0.29, 0.717) is 23.4 Å². The Morgan fingerprint density at radius 3 is 2.52 bits per heavy atom. The molecule has 0 radical (unpaired) electrons. The molecule has 0 spiro atoms. The summed E-state index contributed by atoms with van der Waals surface area (Å²) in [5, 5.41) is 1.85. The van der Waals surface area contributed by atoms with E-state index in [1.54, 1.807) is 24.3 Å². The fourth-order valence-corrected chi connectivity index (χ4v) is 2.64. The highest BCUT2D eigenvalue weighted by molar-refractivity contribution is 6.17. The van der Waals surface area contributed by atoms with E-state index in [1.807, 2.05) is 36.4 Å². The Balaban J connectivity index is 2.10.